The third kappa shape index (κ3) is 2.86. The van der Waals surface area contributed by atoms with E-state index in [-0.39, 0.29) is 16.3 Å². The van der Waals surface area contributed by atoms with Crippen LogP contribution in [0.1, 0.15) is 22.7 Å². The Morgan fingerprint density at radius 3 is 2.40 bits per heavy atom. The summed E-state index contributed by atoms with van der Waals surface area (Å²) in [4.78, 5) is 28.6. The molecule has 3 aromatic rings. The highest BCUT2D eigenvalue weighted by molar-refractivity contribution is 8.00. The van der Waals surface area contributed by atoms with Gasteiger partial charge in [-0.2, -0.15) is 0 Å². The first kappa shape index (κ1) is 19.0. The fourth-order valence-corrected chi connectivity index (χ4v) is 5.47. The van der Waals surface area contributed by atoms with Gasteiger partial charge in [-0.1, -0.05) is 30.0 Å². The van der Waals surface area contributed by atoms with E-state index in [1.165, 1.54) is 17.8 Å². The van der Waals surface area contributed by atoms with Crippen LogP contribution in [0.5, 0.6) is 0 Å². The highest BCUT2D eigenvalue weighted by atomic mass is 32.2. The second-order valence-electron chi connectivity index (χ2n) is 7.53. The van der Waals surface area contributed by atoms with Crippen LogP contribution in [-0.4, -0.2) is 41.8 Å². The van der Waals surface area contributed by atoms with E-state index >= 15 is 4.39 Å². The van der Waals surface area contributed by atoms with Gasteiger partial charge in [-0.3, -0.25) is 4.79 Å². The molecule has 154 valence electrons. The van der Waals surface area contributed by atoms with Crippen LogP contribution in [0.4, 0.5) is 15.8 Å². The summed E-state index contributed by atoms with van der Waals surface area (Å²) >= 11 is 1.35. The number of carboxylic acids is 1. The number of hydrogen-bond donors (Lipinski definition) is 1. The molecule has 1 aromatic heterocycles. The first-order valence-corrected chi connectivity index (χ1v) is 10.7. The van der Waals surface area contributed by atoms with Crippen molar-refractivity contribution >= 4 is 40.0 Å². The van der Waals surface area contributed by atoms with Crippen LogP contribution >= 0.6 is 11.8 Å². The normalized spacial score (nSPS) is 18.3. The van der Waals surface area contributed by atoms with Gasteiger partial charge in [0.2, 0.25) is 5.43 Å². The number of rotatable bonds is 3. The summed E-state index contributed by atoms with van der Waals surface area (Å²) in [5.41, 5.74) is 1.30. The largest absolute Gasteiger partial charge is 0.477 e. The molecular formula is C22H20FN3O3S. The van der Waals surface area contributed by atoms with Crippen molar-refractivity contribution in [3.8, 4) is 0 Å². The number of thioether (sulfide) groups is 1. The third-order valence-corrected chi connectivity index (χ3v) is 7.01. The number of aromatic nitrogens is 1. The number of fused-ring (bicyclic) bond motifs is 3. The molecule has 0 amide bonds. The van der Waals surface area contributed by atoms with Crippen molar-refractivity contribution in [3.05, 3.63) is 64.1 Å². The molecule has 1 N–H and O–H groups in total. The minimum absolute atomic E-state index is 0.00515. The number of halogens is 1. The number of carboxylic acid groups (broad SMARTS) is 1. The second-order valence-corrected chi connectivity index (χ2v) is 8.84. The summed E-state index contributed by atoms with van der Waals surface area (Å²) in [5, 5.41) is 10.0. The van der Waals surface area contributed by atoms with Gasteiger partial charge in [0, 0.05) is 37.3 Å². The van der Waals surface area contributed by atoms with Gasteiger partial charge < -0.3 is 19.5 Å². The molecule has 6 nitrogen and oxygen atoms in total. The van der Waals surface area contributed by atoms with Crippen molar-refractivity contribution in [2.45, 2.75) is 17.3 Å². The fourth-order valence-electron chi connectivity index (χ4n) is 4.31. The maximum Gasteiger partial charge on any atom is 0.342 e. The number of carbonyl (C=O) groups is 1. The lowest BCUT2D eigenvalue weighted by atomic mass is 10.1. The topological polar surface area (TPSA) is 65.8 Å². The number of pyridine rings is 1. The molecule has 1 unspecified atom stereocenters. The Balaban J connectivity index is 1.52. The molecule has 1 fully saturated rings. The van der Waals surface area contributed by atoms with Crippen molar-refractivity contribution in [1.82, 2.24) is 4.57 Å². The van der Waals surface area contributed by atoms with Gasteiger partial charge in [0.05, 0.1) is 21.6 Å². The minimum atomic E-state index is -1.27. The Kier molecular flexibility index (Phi) is 4.47. The number of hydrogen-bond acceptors (Lipinski definition) is 5. The monoisotopic (exact) mass is 425 g/mol. The van der Waals surface area contributed by atoms with Crippen molar-refractivity contribution in [3.63, 3.8) is 0 Å². The second kappa shape index (κ2) is 7.05. The summed E-state index contributed by atoms with van der Waals surface area (Å²) in [5.74, 6) is -1.77. The van der Waals surface area contributed by atoms with Crippen molar-refractivity contribution in [2.24, 2.45) is 0 Å². The molecular weight excluding hydrogens is 405 g/mol. The van der Waals surface area contributed by atoms with Crippen molar-refractivity contribution in [1.29, 1.82) is 0 Å². The minimum Gasteiger partial charge on any atom is -0.477 e. The number of nitrogens with zero attached hydrogens (tertiary/aromatic N) is 3. The fraction of sp³-hybridized carbons (Fsp3) is 0.273. The van der Waals surface area contributed by atoms with Gasteiger partial charge in [0.25, 0.3) is 0 Å². The van der Waals surface area contributed by atoms with E-state index in [2.05, 4.69) is 17.0 Å². The van der Waals surface area contributed by atoms with Crippen LogP contribution in [0.2, 0.25) is 0 Å². The van der Waals surface area contributed by atoms with E-state index in [9.17, 15) is 14.7 Å². The SMILES string of the molecule is CC1Sc2c(C(=O)O)c(=O)c3cc(F)c(N4CCN(c5ccccc5)CC4)cc3n21. The molecule has 2 aromatic carbocycles. The van der Waals surface area contributed by atoms with Crippen LogP contribution in [0.15, 0.2) is 52.3 Å². The molecule has 8 heteroatoms. The van der Waals surface area contributed by atoms with E-state index in [0.717, 1.165) is 18.8 Å². The molecule has 0 radical (unpaired) electrons. The average molecular weight is 425 g/mol. The molecule has 2 aliphatic heterocycles. The number of para-hydroxylation sites is 1. The Morgan fingerprint density at radius 2 is 1.77 bits per heavy atom. The van der Waals surface area contributed by atoms with Gasteiger partial charge in [-0.05, 0) is 31.2 Å². The van der Waals surface area contributed by atoms with Gasteiger partial charge in [-0.15, -0.1) is 0 Å². The molecule has 30 heavy (non-hydrogen) atoms. The lowest BCUT2D eigenvalue weighted by molar-refractivity contribution is 0.0689. The standard InChI is InChI=1S/C22H20FN3O3S/c1-13-26-17-12-18(25-9-7-24(8-10-25)14-5-3-2-4-6-14)16(23)11-15(17)20(27)19(22(28)29)21(26)30-13/h2-6,11-13H,7-10H2,1H3,(H,28,29). The summed E-state index contributed by atoms with van der Waals surface area (Å²) in [6, 6.07) is 13.0. The Bertz CT molecular complexity index is 1220. The van der Waals surface area contributed by atoms with Gasteiger partial charge in [0.1, 0.15) is 11.4 Å². The summed E-state index contributed by atoms with van der Waals surface area (Å²) in [7, 11) is 0. The molecule has 0 bridgehead atoms. The van der Waals surface area contributed by atoms with Crippen LogP contribution in [0.25, 0.3) is 10.9 Å². The zero-order chi connectivity index (χ0) is 21.0. The highest BCUT2D eigenvalue weighted by Gasteiger charge is 2.33. The quantitative estimate of drug-likeness (QED) is 0.689. The number of piperazine rings is 1. The predicted molar refractivity (Wildman–Crippen MR) is 117 cm³/mol. The Hall–Kier alpha value is -3.00. The average Bonchev–Trinajstić information content (AvgIpc) is 2.74. The first-order chi connectivity index (χ1) is 14.5. The van der Waals surface area contributed by atoms with E-state index in [4.69, 9.17) is 0 Å². The number of aromatic carboxylic acids is 1. The third-order valence-electron chi connectivity index (χ3n) is 5.83. The zero-order valence-corrected chi connectivity index (χ0v) is 17.2. The molecule has 2 aliphatic rings. The van der Waals surface area contributed by atoms with E-state index in [0.29, 0.717) is 29.3 Å². The van der Waals surface area contributed by atoms with Crippen LogP contribution in [0, 0.1) is 5.82 Å². The Morgan fingerprint density at radius 1 is 1.10 bits per heavy atom. The van der Waals surface area contributed by atoms with Crippen LogP contribution < -0.4 is 15.2 Å². The van der Waals surface area contributed by atoms with Crippen molar-refractivity contribution in [2.75, 3.05) is 36.0 Å². The van der Waals surface area contributed by atoms with E-state index < -0.39 is 17.2 Å². The molecule has 0 aliphatic carbocycles. The van der Waals surface area contributed by atoms with E-state index in [1.807, 2.05) is 34.6 Å². The molecule has 3 heterocycles. The molecule has 1 atom stereocenters. The molecule has 0 spiro atoms. The van der Waals surface area contributed by atoms with Crippen molar-refractivity contribution < 1.29 is 14.3 Å². The zero-order valence-electron chi connectivity index (χ0n) is 16.3. The molecule has 1 saturated heterocycles. The summed E-state index contributed by atoms with van der Waals surface area (Å²) in [6.45, 7) is 4.79. The maximum absolute atomic E-state index is 15.0. The maximum atomic E-state index is 15.0. The van der Waals surface area contributed by atoms with Gasteiger partial charge >= 0.3 is 5.97 Å². The Labute approximate surface area is 176 Å². The first-order valence-electron chi connectivity index (χ1n) is 9.82. The van der Waals surface area contributed by atoms with Crippen LogP contribution in [0.3, 0.4) is 0 Å². The molecule has 0 saturated carbocycles. The number of anilines is 2. The molecule has 5 rings (SSSR count). The van der Waals surface area contributed by atoms with Gasteiger partial charge in [0.15, 0.2) is 0 Å². The van der Waals surface area contributed by atoms with E-state index in [1.54, 1.807) is 6.07 Å². The summed E-state index contributed by atoms with van der Waals surface area (Å²) in [6.07, 6.45) is 0. The smallest absolute Gasteiger partial charge is 0.342 e. The summed E-state index contributed by atoms with van der Waals surface area (Å²) < 4.78 is 16.9. The lowest BCUT2D eigenvalue weighted by Gasteiger charge is -2.38. The highest BCUT2D eigenvalue weighted by Crippen LogP contribution is 2.46. The predicted octanol–water partition coefficient (Wildman–Crippen LogP) is 3.79. The van der Waals surface area contributed by atoms with Gasteiger partial charge in [-0.25, -0.2) is 9.18 Å². The lowest BCUT2D eigenvalue weighted by Crippen LogP contribution is -2.46. The number of benzene rings is 2. The van der Waals surface area contributed by atoms with Crippen LogP contribution in [-0.2, 0) is 0 Å².